The molecule has 108 valence electrons. The minimum atomic E-state index is -0.205. The SMILES string of the molecule is CCc1cccc2ccn(CCNc3ccccc3F)c12. The monoisotopic (exact) mass is 282 g/mol. The van der Waals surface area contributed by atoms with Crippen molar-refractivity contribution in [3.63, 3.8) is 0 Å². The van der Waals surface area contributed by atoms with Gasteiger partial charge in [0.2, 0.25) is 0 Å². The number of para-hydroxylation sites is 2. The van der Waals surface area contributed by atoms with Crippen molar-refractivity contribution in [1.82, 2.24) is 4.57 Å². The number of anilines is 1. The lowest BCUT2D eigenvalue weighted by atomic mass is 10.1. The fraction of sp³-hybridized carbons (Fsp3) is 0.222. The van der Waals surface area contributed by atoms with Crippen molar-refractivity contribution in [2.75, 3.05) is 11.9 Å². The molecule has 3 heteroatoms. The number of hydrogen-bond donors (Lipinski definition) is 1. The average Bonchev–Trinajstić information content (AvgIpc) is 2.92. The summed E-state index contributed by atoms with van der Waals surface area (Å²) in [6.07, 6.45) is 3.12. The van der Waals surface area contributed by atoms with E-state index in [1.807, 2.05) is 6.07 Å². The van der Waals surface area contributed by atoms with Crippen molar-refractivity contribution >= 4 is 16.6 Å². The summed E-state index contributed by atoms with van der Waals surface area (Å²) >= 11 is 0. The van der Waals surface area contributed by atoms with Crippen LogP contribution in [-0.2, 0) is 13.0 Å². The van der Waals surface area contributed by atoms with Gasteiger partial charge in [0.25, 0.3) is 0 Å². The van der Waals surface area contributed by atoms with Gasteiger partial charge in [0.15, 0.2) is 0 Å². The Hall–Kier alpha value is -2.29. The number of halogens is 1. The molecule has 0 saturated heterocycles. The second-order valence-electron chi connectivity index (χ2n) is 5.12. The fourth-order valence-electron chi connectivity index (χ4n) is 2.73. The molecule has 0 saturated carbocycles. The molecule has 0 fully saturated rings. The van der Waals surface area contributed by atoms with Crippen molar-refractivity contribution in [1.29, 1.82) is 0 Å². The second-order valence-corrected chi connectivity index (χ2v) is 5.12. The molecule has 0 unspecified atom stereocenters. The predicted molar refractivity (Wildman–Crippen MR) is 86.2 cm³/mol. The summed E-state index contributed by atoms with van der Waals surface area (Å²) in [5.74, 6) is -0.205. The quantitative estimate of drug-likeness (QED) is 0.731. The third-order valence-corrected chi connectivity index (χ3v) is 3.79. The number of hydrogen-bond acceptors (Lipinski definition) is 1. The highest BCUT2D eigenvalue weighted by Gasteiger charge is 2.05. The van der Waals surface area contributed by atoms with E-state index >= 15 is 0 Å². The van der Waals surface area contributed by atoms with E-state index in [2.05, 4.69) is 47.3 Å². The molecule has 3 aromatic rings. The molecule has 0 atom stereocenters. The fourth-order valence-corrected chi connectivity index (χ4v) is 2.73. The Morgan fingerprint density at radius 2 is 1.90 bits per heavy atom. The first kappa shape index (κ1) is 13.7. The van der Waals surface area contributed by atoms with Gasteiger partial charge >= 0.3 is 0 Å². The van der Waals surface area contributed by atoms with E-state index in [1.54, 1.807) is 12.1 Å². The summed E-state index contributed by atoms with van der Waals surface area (Å²) in [6, 6.07) is 15.3. The first-order valence-electron chi connectivity index (χ1n) is 7.34. The van der Waals surface area contributed by atoms with Crippen LogP contribution in [0.4, 0.5) is 10.1 Å². The molecule has 1 N–H and O–H groups in total. The van der Waals surface area contributed by atoms with Gasteiger partial charge in [-0.3, -0.25) is 0 Å². The Morgan fingerprint density at radius 3 is 2.71 bits per heavy atom. The third-order valence-electron chi connectivity index (χ3n) is 3.79. The highest BCUT2D eigenvalue weighted by molar-refractivity contribution is 5.83. The minimum absolute atomic E-state index is 0.205. The maximum Gasteiger partial charge on any atom is 0.146 e. The van der Waals surface area contributed by atoms with E-state index in [9.17, 15) is 4.39 Å². The van der Waals surface area contributed by atoms with E-state index in [4.69, 9.17) is 0 Å². The molecule has 0 amide bonds. The smallest absolute Gasteiger partial charge is 0.146 e. The molecule has 0 spiro atoms. The van der Waals surface area contributed by atoms with E-state index in [0.717, 1.165) is 13.0 Å². The van der Waals surface area contributed by atoms with Crippen molar-refractivity contribution < 1.29 is 4.39 Å². The largest absolute Gasteiger partial charge is 0.381 e. The van der Waals surface area contributed by atoms with Gasteiger partial charge in [-0.15, -0.1) is 0 Å². The van der Waals surface area contributed by atoms with Gasteiger partial charge in [-0.25, -0.2) is 4.39 Å². The predicted octanol–water partition coefficient (Wildman–Crippen LogP) is 4.45. The van der Waals surface area contributed by atoms with Crippen LogP contribution in [0.1, 0.15) is 12.5 Å². The van der Waals surface area contributed by atoms with Gasteiger partial charge in [0.1, 0.15) is 5.82 Å². The number of aryl methyl sites for hydroxylation is 1. The number of benzene rings is 2. The zero-order valence-electron chi connectivity index (χ0n) is 12.1. The third kappa shape index (κ3) is 2.77. The number of rotatable bonds is 5. The van der Waals surface area contributed by atoms with Gasteiger partial charge in [-0.2, -0.15) is 0 Å². The molecule has 0 aliphatic heterocycles. The summed E-state index contributed by atoms with van der Waals surface area (Å²) in [6.45, 7) is 3.68. The molecule has 2 nitrogen and oxygen atoms in total. The van der Waals surface area contributed by atoms with E-state index < -0.39 is 0 Å². The molecular weight excluding hydrogens is 263 g/mol. The Balaban J connectivity index is 1.75. The highest BCUT2D eigenvalue weighted by Crippen LogP contribution is 2.21. The molecule has 1 aromatic heterocycles. The number of fused-ring (bicyclic) bond motifs is 1. The summed E-state index contributed by atoms with van der Waals surface area (Å²) in [5, 5.41) is 4.42. The van der Waals surface area contributed by atoms with Crippen LogP contribution in [-0.4, -0.2) is 11.1 Å². The zero-order chi connectivity index (χ0) is 14.7. The van der Waals surface area contributed by atoms with E-state index in [-0.39, 0.29) is 5.82 Å². The summed E-state index contributed by atoms with van der Waals surface area (Å²) < 4.78 is 15.8. The van der Waals surface area contributed by atoms with Crippen molar-refractivity contribution in [3.8, 4) is 0 Å². The second kappa shape index (κ2) is 6.00. The van der Waals surface area contributed by atoms with Crippen LogP contribution < -0.4 is 5.32 Å². The van der Waals surface area contributed by atoms with Gasteiger partial charge in [-0.1, -0.05) is 37.3 Å². The topological polar surface area (TPSA) is 17.0 Å². The lowest BCUT2D eigenvalue weighted by molar-refractivity contribution is 0.628. The van der Waals surface area contributed by atoms with Gasteiger partial charge in [-0.05, 0) is 35.6 Å². The van der Waals surface area contributed by atoms with Crippen molar-refractivity contribution in [2.24, 2.45) is 0 Å². The van der Waals surface area contributed by atoms with Crippen molar-refractivity contribution in [2.45, 2.75) is 19.9 Å². The molecule has 0 radical (unpaired) electrons. The molecule has 0 bridgehead atoms. The Labute approximate surface area is 124 Å². The van der Waals surface area contributed by atoms with E-state index in [0.29, 0.717) is 12.2 Å². The van der Waals surface area contributed by atoms with Crippen molar-refractivity contribution in [3.05, 3.63) is 66.1 Å². The van der Waals surface area contributed by atoms with Crippen LogP contribution >= 0.6 is 0 Å². The first-order chi connectivity index (χ1) is 10.3. The van der Waals surface area contributed by atoms with E-state index in [1.165, 1.54) is 22.5 Å². The molecule has 3 rings (SSSR count). The lowest BCUT2D eigenvalue weighted by Gasteiger charge is -2.11. The maximum atomic E-state index is 13.6. The van der Waals surface area contributed by atoms with Gasteiger partial charge in [0, 0.05) is 19.3 Å². The molecule has 0 aliphatic rings. The summed E-state index contributed by atoms with van der Waals surface area (Å²) in [7, 11) is 0. The number of nitrogens with one attached hydrogen (secondary N) is 1. The Kier molecular flexibility index (Phi) is 3.91. The Morgan fingerprint density at radius 1 is 1.05 bits per heavy atom. The average molecular weight is 282 g/mol. The standard InChI is InChI=1S/C18H19FN2/c1-2-14-6-5-7-15-10-12-21(18(14)15)13-11-20-17-9-4-3-8-16(17)19/h3-10,12,20H,2,11,13H2,1H3. The number of nitrogens with zero attached hydrogens (tertiary/aromatic N) is 1. The molecule has 21 heavy (non-hydrogen) atoms. The Bertz CT molecular complexity index is 746. The van der Waals surface area contributed by atoms with Crippen LogP contribution in [0.25, 0.3) is 10.9 Å². The molecule has 2 aromatic carbocycles. The number of aromatic nitrogens is 1. The van der Waals surface area contributed by atoms with Crippen LogP contribution in [0.15, 0.2) is 54.7 Å². The molecule has 1 heterocycles. The van der Waals surface area contributed by atoms with Gasteiger partial charge < -0.3 is 9.88 Å². The van der Waals surface area contributed by atoms with Crippen LogP contribution in [0, 0.1) is 5.82 Å². The normalized spacial score (nSPS) is 11.0. The summed E-state index contributed by atoms with van der Waals surface area (Å²) in [4.78, 5) is 0. The lowest BCUT2D eigenvalue weighted by Crippen LogP contribution is -2.11. The van der Waals surface area contributed by atoms with Crippen LogP contribution in [0.5, 0.6) is 0 Å². The minimum Gasteiger partial charge on any atom is -0.381 e. The van der Waals surface area contributed by atoms with Crippen LogP contribution in [0.3, 0.4) is 0 Å². The van der Waals surface area contributed by atoms with Crippen LogP contribution in [0.2, 0.25) is 0 Å². The molecular formula is C18H19FN2. The molecule has 0 aliphatic carbocycles. The zero-order valence-corrected chi connectivity index (χ0v) is 12.1. The highest BCUT2D eigenvalue weighted by atomic mass is 19.1. The summed E-state index contributed by atoms with van der Waals surface area (Å²) in [5.41, 5.74) is 3.20. The van der Waals surface area contributed by atoms with Gasteiger partial charge in [0.05, 0.1) is 11.2 Å². The first-order valence-corrected chi connectivity index (χ1v) is 7.34. The maximum absolute atomic E-state index is 13.6.